The molecule has 1 aromatic rings. The lowest BCUT2D eigenvalue weighted by Crippen LogP contribution is -2.15. The summed E-state index contributed by atoms with van der Waals surface area (Å²) >= 11 is 0. The van der Waals surface area contributed by atoms with E-state index in [0.29, 0.717) is 6.42 Å². The summed E-state index contributed by atoms with van der Waals surface area (Å²) in [6.07, 6.45) is 9.67. The molecule has 1 atom stereocenters. The van der Waals surface area contributed by atoms with E-state index in [4.69, 9.17) is 4.18 Å². The first-order valence-electron chi connectivity index (χ1n) is 8.92. The van der Waals surface area contributed by atoms with Crippen molar-refractivity contribution in [2.45, 2.75) is 70.8 Å². The van der Waals surface area contributed by atoms with Crippen LogP contribution in [-0.4, -0.2) is 20.8 Å². The Labute approximate surface area is 147 Å². The number of benzene rings is 1. The second-order valence-electron chi connectivity index (χ2n) is 6.15. The van der Waals surface area contributed by atoms with Crippen molar-refractivity contribution in [2.75, 3.05) is 6.26 Å². The van der Waals surface area contributed by atoms with E-state index < -0.39 is 16.2 Å². The van der Waals surface area contributed by atoms with Crippen LogP contribution in [0.4, 0.5) is 0 Å². The monoisotopic (exact) mass is 350 g/mol. The fourth-order valence-corrected chi connectivity index (χ4v) is 3.07. The fraction of sp³-hybridized carbons (Fsp3) is 0.600. The summed E-state index contributed by atoms with van der Waals surface area (Å²) in [5.41, 5.74) is 1.30. The van der Waals surface area contributed by atoms with Crippen LogP contribution in [0.15, 0.2) is 30.3 Å². The Morgan fingerprint density at radius 2 is 1.75 bits per heavy atom. The van der Waals surface area contributed by atoms with Crippen molar-refractivity contribution in [1.82, 2.24) is 0 Å². The number of aryl methyl sites for hydroxylation is 1. The summed E-state index contributed by atoms with van der Waals surface area (Å²) < 4.78 is 27.8. The lowest BCUT2D eigenvalue weighted by Gasteiger charge is -2.10. The topological polar surface area (TPSA) is 43.4 Å². The Kier molecular flexibility index (Phi) is 10.5. The second-order valence-corrected chi connectivity index (χ2v) is 7.75. The first-order valence-corrected chi connectivity index (χ1v) is 10.7. The molecule has 0 aliphatic heterocycles. The number of unbranched alkanes of at least 4 members (excludes halogenated alkanes) is 5. The summed E-state index contributed by atoms with van der Waals surface area (Å²) in [5.74, 6) is 6.09. The van der Waals surface area contributed by atoms with Crippen LogP contribution in [0.1, 0.15) is 63.9 Å². The van der Waals surface area contributed by atoms with E-state index in [0.717, 1.165) is 38.4 Å². The van der Waals surface area contributed by atoms with Gasteiger partial charge in [-0.3, -0.25) is 4.18 Å². The summed E-state index contributed by atoms with van der Waals surface area (Å²) in [4.78, 5) is 0. The Morgan fingerprint density at radius 3 is 2.42 bits per heavy atom. The highest BCUT2D eigenvalue weighted by atomic mass is 32.2. The van der Waals surface area contributed by atoms with Gasteiger partial charge in [0.1, 0.15) is 6.10 Å². The molecule has 0 amide bonds. The summed E-state index contributed by atoms with van der Waals surface area (Å²) in [5, 5.41) is 0. The van der Waals surface area contributed by atoms with Gasteiger partial charge >= 0.3 is 0 Å². The standard InChI is InChI=1S/C20H30O3S/c1-3-4-5-6-12-17-20(23-24(2,21)22)18-13-8-11-16-19-14-9-7-10-15-19/h7,9-10,14-15,20H,3-6,8,11-12,16-17H2,1-2H3/t20-/m1/s1. The van der Waals surface area contributed by atoms with Gasteiger partial charge in [-0.1, -0.05) is 68.9 Å². The molecule has 0 fully saturated rings. The summed E-state index contributed by atoms with van der Waals surface area (Å²) in [7, 11) is -3.46. The second kappa shape index (κ2) is 12.1. The molecule has 0 spiro atoms. The van der Waals surface area contributed by atoms with Crippen molar-refractivity contribution in [3.63, 3.8) is 0 Å². The van der Waals surface area contributed by atoms with Gasteiger partial charge in [0.25, 0.3) is 10.1 Å². The quantitative estimate of drug-likeness (QED) is 0.329. The highest BCUT2D eigenvalue weighted by molar-refractivity contribution is 7.86. The Balaban J connectivity index is 2.37. The van der Waals surface area contributed by atoms with Crippen LogP contribution in [0, 0.1) is 11.8 Å². The zero-order chi connectivity index (χ0) is 17.7. The molecular formula is C20H30O3S. The van der Waals surface area contributed by atoms with Gasteiger partial charge in [0.05, 0.1) is 6.26 Å². The van der Waals surface area contributed by atoms with Crippen molar-refractivity contribution >= 4 is 10.1 Å². The van der Waals surface area contributed by atoms with Gasteiger partial charge < -0.3 is 0 Å². The van der Waals surface area contributed by atoms with Gasteiger partial charge in [-0.25, -0.2) is 0 Å². The predicted molar refractivity (Wildman–Crippen MR) is 100 cm³/mol. The molecular weight excluding hydrogens is 320 g/mol. The Bertz CT molecular complexity index is 597. The molecule has 0 unspecified atom stereocenters. The van der Waals surface area contributed by atoms with Crippen molar-refractivity contribution < 1.29 is 12.6 Å². The Morgan fingerprint density at radius 1 is 1.04 bits per heavy atom. The number of rotatable bonds is 11. The molecule has 1 aromatic carbocycles. The van der Waals surface area contributed by atoms with Crippen LogP contribution in [0.2, 0.25) is 0 Å². The fourth-order valence-electron chi connectivity index (χ4n) is 2.50. The maximum atomic E-state index is 11.4. The minimum Gasteiger partial charge on any atom is -0.254 e. The van der Waals surface area contributed by atoms with Crippen molar-refractivity contribution in [1.29, 1.82) is 0 Å². The van der Waals surface area contributed by atoms with Gasteiger partial charge in [-0.05, 0) is 31.2 Å². The number of hydrogen-bond acceptors (Lipinski definition) is 3. The number of hydrogen-bond donors (Lipinski definition) is 0. The largest absolute Gasteiger partial charge is 0.265 e. The van der Waals surface area contributed by atoms with Gasteiger partial charge in [0.2, 0.25) is 0 Å². The predicted octanol–water partition coefficient (Wildman–Crippen LogP) is 4.72. The highest BCUT2D eigenvalue weighted by Gasteiger charge is 2.12. The minimum absolute atomic E-state index is 0.502. The molecule has 0 heterocycles. The molecule has 0 bridgehead atoms. The van der Waals surface area contributed by atoms with Crippen molar-refractivity contribution in [3.8, 4) is 11.8 Å². The molecule has 0 radical (unpaired) electrons. The van der Waals surface area contributed by atoms with Crippen LogP contribution in [0.3, 0.4) is 0 Å². The SMILES string of the molecule is CCCCCCC[C@H](C#CCCCc1ccccc1)OS(C)(=O)=O. The smallest absolute Gasteiger partial charge is 0.254 e. The zero-order valence-corrected chi connectivity index (χ0v) is 15.8. The van der Waals surface area contributed by atoms with Crippen LogP contribution in [-0.2, 0) is 20.7 Å². The van der Waals surface area contributed by atoms with E-state index in [1.165, 1.54) is 24.8 Å². The Hall–Kier alpha value is -1.31. The van der Waals surface area contributed by atoms with Gasteiger partial charge in [-0.15, -0.1) is 5.92 Å². The van der Waals surface area contributed by atoms with E-state index in [1.807, 2.05) is 18.2 Å². The van der Waals surface area contributed by atoms with Crippen LogP contribution in [0.25, 0.3) is 0 Å². The van der Waals surface area contributed by atoms with Crippen LogP contribution >= 0.6 is 0 Å². The molecule has 0 aliphatic carbocycles. The highest BCUT2D eigenvalue weighted by Crippen LogP contribution is 2.11. The van der Waals surface area contributed by atoms with E-state index in [2.05, 4.69) is 30.9 Å². The first kappa shape index (κ1) is 20.7. The third-order valence-electron chi connectivity index (χ3n) is 3.73. The van der Waals surface area contributed by atoms with Gasteiger partial charge in [0.15, 0.2) is 0 Å². The normalized spacial score (nSPS) is 12.4. The van der Waals surface area contributed by atoms with E-state index >= 15 is 0 Å². The molecule has 3 nitrogen and oxygen atoms in total. The average molecular weight is 351 g/mol. The molecule has 24 heavy (non-hydrogen) atoms. The summed E-state index contributed by atoms with van der Waals surface area (Å²) in [6, 6.07) is 10.3. The molecule has 134 valence electrons. The molecule has 0 saturated heterocycles. The van der Waals surface area contributed by atoms with Gasteiger partial charge in [0, 0.05) is 6.42 Å². The van der Waals surface area contributed by atoms with Crippen LogP contribution < -0.4 is 0 Å². The third-order valence-corrected chi connectivity index (χ3v) is 4.32. The van der Waals surface area contributed by atoms with Crippen molar-refractivity contribution in [3.05, 3.63) is 35.9 Å². The molecule has 0 N–H and O–H groups in total. The van der Waals surface area contributed by atoms with E-state index in [9.17, 15) is 8.42 Å². The molecule has 0 aromatic heterocycles. The first-order chi connectivity index (χ1) is 11.5. The minimum atomic E-state index is -3.46. The lowest BCUT2D eigenvalue weighted by molar-refractivity contribution is 0.251. The molecule has 0 aliphatic rings. The molecule has 4 heteroatoms. The van der Waals surface area contributed by atoms with E-state index in [-0.39, 0.29) is 0 Å². The molecule has 0 saturated carbocycles. The molecule has 1 rings (SSSR count). The summed E-state index contributed by atoms with van der Waals surface area (Å²) in [6.45, 7) is 2.18. The van der Waals surface area contributed by atoms with E-state index in [1.54, 1.807) is 0 Å². The maximum absolute atomic E-state index is 11.4. The third kappa shape index (κ3) is 11.3. The lowest BCUT2D eigenvalue weighted by atomic mass is 10.1. The average Bonchev–Trinajstić information content (AvgIpc) is 2.53. The van der Waals surface area contributed by atoms with Crippen LogP contribution in [0.5, 0.6) is 0 Å². The maximum Gasteiger partial charge on any atom is 0.265 e. The zero-order valence-electron chi connectivity index (χ0n) is 15.0. The van der Waals surface area contributed by atoms with Gasteiger partial charge in [-0.2, -0.15) is 8.42 Å². The van der Waals surface area contributed by atoms with Crippen molar-refractivity contribution in [2.24, 2.45) is 0 Å².